The third kappa shape index (κ3) is 5.64. The Labute approximate surface area is 156 Å². The number of benzene rings is 1. The Bertz CT molecular complexity index is 667. The normalized spacial score (nSPS) is 18.5. The minimum absolute atomic E-state index is 0.152. The molecule has 2 aromatic rings. The smallest absolute Gasteiger partial charge is 0.123 e. The Kier molecular flexibility index (Phi) is 6.80. The first kappa shape index (κ1) is 19.1. The largest absolute Gasteiger partial charge is 0.334 e. The number of halogens is 1. The van der Waals surface area contributed by atoms with Gasteiger partial charge in [-0.15, -0.1) is 0 Å². The van der Waals surface area contributed by atoms with Gasteiger partial charge >= 0.3 is 0 Å². The average Bonchev–Trinajstić information content (AvgIpc) is 3.05. The van der Waals surface area contributed by atoms with Gasteiger partial charge in [-0.25, -0.2) is 9.37 Å². The zero-order chi connectivity index (χ0) is 18.4. The highest BCUT2D eigenvalue weighted by molar-refractivity contribution is 5.16. The molecule has 0 saturated carbocycles. The molecule has 4 nitrogen and oxygen atoms in total. The van der Waals surface area contributed by atoms with Crippen molar-refractivity contribution in [2.24, 2.45) is 5.92 Å². The summed E-state index contributed by atoms with van der Waals surface area (Å²) in [7, 11) is 2.23. The topological polar surface area (TPSA) is 24.3 Å². The Morgan fingerprint density at radius 1 is 1.23 bits per heavy atom. The highest BCUT2D eigenvalue weighted by atomic mass is 19.1. The van der Waals surface area contributed by atoms with Gasteiger partial charge in [-0.05, 0) is 63.4 Å². The molecule has 142 valence electrons. The molecule has 1 saturated heterocycles. The molecule has 0 radical (unpaired) electrons. The van der Waals surface area contributed by atoms with E-state index in [2.05, 4.69) is 39.5 Å². The van der Waals surface area contributed by atoms with Crippen molar-refractivity contribution in [3.05, 3.63) is 53.9 Å². The number of likely N-dealkylation sites (N-methyl/N-ethyl adjacent to an activating group) is 1. The fraction of sp³-hybridized carbons (Fsp3) is 0.571. The van der Waals surface area contributed by atoms with Gasteiger partial charge in [0.05, 0.1) is 0 Å². The van der Waals surface area contributed by atoms with Crippen molar-refractivity contribution >= 4 is 0 Å². The van der Waals surface area contributed by atoms with Crippen LogP contribution in [0.15, 0.2) is 36.7 Å². The van der Waals surface area contributed by atoms with E-state index < -0.39 is 0 Å². The van der Waals surface area contributed by atoms with E-state index in [0.717, 1.165) is 44.3 Å². The summed E-state index contributed by atoms with van der Waals surface area (Å²) in [5.74, 6) is 1.68. The molecule has 0 spiro atoms. The Balaban J connectivity index is 1.39. The van der Waals surface area contributed by atoms with E-state index in [0.29, 0.717) is 0 Å². The van der Waals surface area contributed by atoms with E-state index in [-0.39, 0.29) is 5.82 Å². The number of hydrogen-bond donors (Lipinski definition) is 0. The lowest BCUT2D eigenvalue weighted by atomic mass is 9.97. The molecule has 2 heterocycles. The molecule has 0 N–H and O–H groups in total. The zero-order valence-electron chi connectivity index (χ0n) is 16.1. The van der Waals surface area contributed by atoms with E-state index in [4.69, 9.17) is 0 Å². The van der Waals surface area contributed by atoms with E-state index in [1.54, 1.807) is 12.1 Å². The van der Waals surface area contributed by atoms with Crippen LogP contribution in [0.4, 0.5) is 4.39 Å². The van der Waals surface area contributed by atoms with E-state index in [9.17, 15) is 4.39 Å². The molecule has 1 fully saturated rings. The molecule has 1 aromatic heterocycles. The summed E-state index contributed by atoms with van der Waals surface area (Å²) in [5.41, 5.74) is 1.22. The minimum Gasteiger partial charge on any atom is -0.334 e. The maximum atomic E-state index is 13.0. The van der Waals surface area contributed by atoms with Gasteiger partial charge in [-0.1, -0.05) is 12.1 Å². The molecule has 0 unspecified atom stereocenters. The summed E-state index contributed by atoms with van der Waals surface area (Å²) >= 11 is 0. The van der Waals surface area contributed by atoms with Crippen molar-refractivity contribution in [1.29, 1.82) is 0 Å². The molecule has 3 rings (SSSR count). The first-order valence-corrected chi connectivity index (χ1v) is 9.73. The summed E-state index contributed by atoms with van der Waals surface area (Å²) in [6.07, 6.45) is 7.53. The fourth-order valence-electron chi connectivity index (χ4n) is 3.89. The Morgan fingerprint density at radius 2 is 2.04 bits per heavy atom. The molecule has 5 heteroatoms. The predicted octanol–water partition coefficient (Wildman–Crippen LogP) is 3.22. The lowest BCUT2D eigenvalue weighted by Gasteiger charge is -2.34. The van der Waals surface area contributed by atoms with Gasteiger partial charge in [0.2, 0.25) is 0 Å². The van der Waals surface area contributed by atoms with Gasteiger partial charge in [0.25, 0.3) is 0 Å². The van der Waals surface area contributed by atoms with Crippen LogP contribution in [0.2, 0.25) is 0 Å². The maximum absolute atomic E-state index is 13.0. The second-order valence-corrected chi connectivity index (χ2v) is 7.62. The molecule has 1 aliphatic heterocycles. The number of nitrogens with zero attached hydrogens (tertiary/aromatic N) is 4. The summed E-state index contributed by atoms with van der Waals surface area (Å²) < 4.78 is 15.2. The molecule has 0 bridgehead atoms. The predicted molar refractivity (Wildman–Crippen MR) is 104 cm³/mol. The molecular weight excluding hydrogens is 327 g/mol. The Morgan fingerprint density at radius 3 is 2.77 bits per heavy atom. The van der Waals surface area contributed by atoms with Gasteiger partial charge in [-0.3, -0.25) is 0 Å². The van der Waals surface area contributed by atoms with Gasteiger partial charge in [0.15, 0.2) is 0 Å². The van der Waals surface area contributed by atoms with Crippen LogP contribution < -0.4 is 0 Å². The minimum atomic E-state index is -0.152. The number of likely N-dealkylation sites (tertiary alicyclic amines) is 1. The summed E-state index contributed by atoms with van der Waals surface area (Å²) in [6.45, 7) is 8.71. The van der Waals surface area contributed by atoms with E-state index >= 15 is 0 Å². The SMILES string of the molecule is Cc1nccn1CCN(C)C[C@H]1CCCN(CCc2ccc(F)cc2)C1. The quantitative estimate of drug-likeness (QED) is 0.724. The molecular formula is C21H31FN4. The molecule has 0 amide bonds. The standard InChI is InChI=1S/C21H31FN4/c1-18-23-10-13-26(18)15-14-24(2)16-20-4-3-11-25(17-20)12-9-19-5-7-21(22)8-6-19/h5-8,10,13,20H,3-4,9,11-12,14-17H2,1-2H3/t20-/m1/s1. The van der Waals surface area contributed by atoms with Crippen molar-refractivity contribution in [3.63, 3.8) is 0 Å². The van der Waals surface area contributed by atoms with Crippen LogP contribution in [0.5, 0.6) is 0 Å². The van der Waals surface area contributed by atoms with Crippen LogP contribution in [-0.2, 0) is 13.0 Å². The van der Waals surface area contributed by atoms with E-state index in [1.807, 2.05) is 18.3 Å². The fourth-order valence-corrected chi connectivity index (χ4v) is 3.89. The van der Waals surface area contributed by atoms with Crippen molar-refractivity contribution in [3.8, 4) is 0 Å². The highest BCUT2D eigenvalue weighted by Crippen LogP contribution is 2.18. The molecule has 1 atom stereocenters. The monoisotopic (exact) mass is 358 g/mol. The first-order valence-electron chi connectivity index (χ1n) is 9.73. The number of hydrogen-bond acceptors (Lipinski definition) is 3. The van der Waals surface area contributed by atoms with Crippen LogP contribution in [0.1, 0.15) is 24.2 Å². The van der Waals surface area contributed by atoms with Crippen LogP contribution in [0, 0.1) is 18.7 Å². The van der Waals surface area contributed by atoms with Crippen LogP contribution in [0.3, 0.4) is 0 Å². The lowest BCUT2D eigenvalue weighted by molar-refractivity contribution is 0.143. The zero-order valence-corrected chi connectivity index (χ0v) is 16.1. The number of aromatic nitrogens is 2. The molecule has 26 heavy (non-hydrogen) atoms. The number of aryl methyl sites for hydroxylation is 1. The van der Waals surface area contributed by atoms with Crippen molar-refractivity contribution in [2.75, 3.05) is 39.8 Å². The number of piperidine rings is 1. The van der Waals surface area contributed by atoms with Crippen molar-refractivity contribution < 1.29 is 4.39 Å². The Hall–Kier alpha value is -1.72. The van der Waals surface area contributed by atoms with Crippen LogP contribution in [0.25, 0.3) is 0 Å². The second kappa shape index (κ2) is 9.28. The molecule has 1 aromatic carbocycles. The summed E-state index contributed by atoms with van der Waals surface area (Å²) in [4.78, 5) is 9.31. The van der Waals surface area contributed by atoms with E-state index in [1.165, 1.54) is 31.5 Å². The van der Waals surface area contributed by atoms with Crippen molar-refractivity contribution in [1.82, 2.24) is 19.4 Å². The van der Waals surface area contributed by atoms with Crippen LogP contribution in [-0.4, -0.2) is 59.1 Å². The number of imidazole rings is 1. The van der Waals surface area contributed by atoms with Gasteiger partial charge in [-0.2, -0.15) is 0 Å². The van der Waals surface area contributed by atoms with Gasteiger partial charge < -0.3 is 14.4 Å². The summed E-state index contributed by atoms with van der Waals surface area (Å²) in [6, 6.07) is 6.93. The van der Waals surface area contributed by atoms with Gasteiger partial charge in [0.1, 0.15) is 11.6 Å². The third-order valence-electron chi connectivity index (χ3n) is 5.45. The highest BCUT2D eigenvalue weighted by Gasteiger charge is 2.20. The average molecular weight is 359 g/mol. The van der Waals surface area contributed by atoms with Gasteiger partial charge in [0, 0.05) is 45.1 Å². The molecule has 0 aliphatic carbocycles. The lowest BCUT2D eigenvalue weighted by Crippen LogP contribution is -2.41. The van der Waals surface area contributed by atoms with Crippen molar-refractivity contribution in [2.45, 2.75) is 32.7 Å². The first-order chi connectivity index (χ1) is 12.6. The maximum Gasteiger partial charge on any atom is 0.123 e. The number of rotatable bonds is 8. The third-order valence-corrected chi connectivity index (χ3v) is 5.45. The van der Waals surface area contributed by atoms with Crippen LogP contribution >= 0.6 is 0 Å². The summed E-state index contributed by atoms with van der Waals surface area (Å²) in [5, 5.41) is 0. The second-order valence-electron chi connectivity index (χ2n) is 7.62. The molecule has 1 aliphatic rings.